The zero-order valence-electron chi connectivity index (χ0n) is 87.4. The molecule has 20 aromatic rings. The lowest BCUT2D eigenvalue weighted by atomic mass is 10.1. The molecule has 0 bridgehead atoms. The fourth-order valence-corrected chi connectivity index (χ4v) is 20.0. The Labute approximate surface area is 777 Å². The van der Waals surface area contributed by atoms with Crippen molar-refractivity contribution in [3.8, 4) is 0 Å². The van der Waals surface area contributed by atoms with Gasteiger partial charge in [-0.3, -0.25) is 9.80 Å². The maximum Gasteiger partial charge on any atom is 0.178 e. The van der Waals surface area contributed by atoms with E-state index in [1.807, 2.05) is 240 Å². The summed E-state index contributed by atoms with van der Waals surface area (Å²) < 4.78 is 129. The minimum absolute atomic E-state index is 0.0603. The molecule has 0 fully saturated rings. The third-order valence-electron chi connectivity index (χ3n) is 25.9. The Morgan fingerprint density at radius 2 is 0.504 bits per heavy atom. The van der Waals surface area contributed by atoms with Crippen LogP contribution in [-0.2, 0) is 0 Å². The van der Waals surface area contributed by atoms with Crippen LogP contribution in [0.25, 0.3) is 110 Å². The number of nitrogens with zero attached hydrogens (tertiary/aromatic N) is 17. The van der Waals surface area contributed by atoms with Crippen LogP contribution in [0.5, 0.6) is 0 Å². The van der Waals surface area contributed by atoms with Crippen LogP contribution in [-0.4, -0.2) is 97.7 Å². The second-order valence-electron chi connectivity index (χ2n) is 34.3. The highest BCUT2D eigenvalue weighted by Gasteiger charge is 2.44. The normalized spacial score (nSPS) is 19.0. The van der Waals surface area contributed by atoms with Gasteiger partial charge < -0.3 is 61.3 Å². The Morgan fingerprint density at radius 3 is 0.847 bits per heavy atom. The molecule has 22 heteroatoms. The lowest BCUT2D eigenvalue weighted by Crippen LogP contribution is -2.42. The van der Waals surface area contributed by atoms with Gasteiger partial charge in [0.1, 0.15) is 58.7 Å². The third-order valence-corrected chi connectivity index (χ3v) is 25.9. The lowest BCUT2D eigenvalue weighted by Gasteiger charge is -2.33. The van der Waals surface area contributed by atoms with Gasteiger partial charge in [-0.05, 0) is 205 Å². The van der Waals surface area contributed by atoms with Crippen LogP contribution >= 0.6 is 0 Å². The zero-order chi connectivity index (χ0) is 101. The Balaban J connectivity index is 0.000000106. The van der Waals surface area contributed by atoms with Gasteiger partial charge in [0.2, 0.25) is 0 Å². The number of rotatable bonds is 8. The first-order valence-corrected chi connectivity index (χ1v) is 44.1. The van der Waals surface area contributed by atoms with Crippen molar-refractivity contribution < 1.29 is 38.5 Å². The first kappa shape index (κ1) is 69.9. The Bertz CT molecular complexity index is 7650. The number of hydrogen-bond donors (Lipinski definition) is 0. The number of furan rings is 5. The molecule has 656 valence electrons. The van der Waals surface area contributed by atoms with Crippen LogP contribution in [0.3, 0.4) is 0 Å². The Kier molecular flexibility index (Phi) is 17.4. The van der Waals surface area contributed by atoms with E-state index in [2.05, 4.69) is 144 Å². The van der Waals surface area contributed by atoms with E-state index < -0.39 is 57.4 Å². The van der Waals surface area contributed by atoms with Crippen molar-refractivity contribution in [3.05, 3.63) is 290 Å². The molecule has 0 saturated heterocycles. The molecule has 131 heavy (non-hydrogen) atoms. The van der Waals surface area contributed by atoms with E-state index in [0.29, 0.717) is 23.3 Å². The molecule has 0 amide bonds. The van der Waals surface area contributed by atoms with Gasteiger partial charge in [-0.1, -0.05) is 152 Å². The molecule has 25 rings (SSSR count). The second kappa shape index (κ2) is 32.5. The molecule has 6 atom stereocenters. The van der Waals surface area contributed by atoms with Gasteiger partial charge in [0.05, 0.1) is 49.6 Å². The average Bonchev–Trinajstić information content (AvgIpc) is 1.57. The van der Waals surface area contributed by atoms with Crippen LogP contribution < -0.4 is 49.0 Å². The predicted octanol–water partition coefficient (Wildman–Crippen LogP) is 27.2. The molecular formula is C109H105N17O5. The van der Waals surface area contributed by atoms with Gasteiger partial charge in [0.15, 0.2) is 68.6 Å². The van der Waals surface area contributed by atoms with Gasteiger partial charge in [-0.15, -0.1) is 0 Å². The van der Waals surface area contributed by atoms with Gasteiger partial charge in [-0.25, -0.2) is 34.9 Å². The maximum absolute atomic E-state index is 8.77. The van der Waals surface area contributed by atoms with Crippen molar-refractivity contribution >= 4 is 196 Å². The summed E-state index contributed by atoms with van der Waals surface area (Å²) >= 11 is 0. The number of aryl methyl sites for hydroxylation is 5. The van der Waals surface area contributed by atoms with E-state index in [1.165, 1.54) is 22.9 Å². The van der Waals surface area contributed by atoms with Crippen LogP contribution in [0.1, 0.15) is 120 Å². The molecule has 10 aromatic heterocycles. The zero-order valence-corrected chi connectivity index (χ0v) is 75.4. The van der Waals surface area contributed by atoms with Gasteiger partial charge >= 0.3 is 0 Å². The van der Waals surface area contributed by atoms with Gasteiger partial charge in [0, 0.05) is 142 Å². The minimum atomic E-state index is -2.52. The van der Waals surface area contributed by atoms with Crippen LogP contribution in [0.2, 0.25) is 0 Å². The van der Waals surface area contributed by atoms with Crippen LogP contribution in [0, 0.1) is 34.6 Å². The smallest absolute Gasteiger partial charge is 0.178 e. The maximum atomic E-state index is 8.77. The summed E-state index contributed by atoms with van der Waals surface area (Å²) in [6.07, 6.45) is 9.96. The molecule has 0 aliphatic carbocycles. The van der Waals surface area contributed by atoms with E-state index in [9.17, 15) is 0 Å². The number of pyridine rings is 3. The van der Waals surface area contributed by atoms with Crippen LogP contribution in [0.15, 0.2) is 284 Å². The topological polar surface area (TPSA) is 188 Å². The van der Waals surface area contributed by atoms with Crippen molar-refractivity contribution in [2.24, 2.45) is 0 Å². The monoisotopic (exact) mass is 1740 g/mol. The number of fused-ring (bicyclic) bond motifs is 20. The second-order valence-corrected chi connectivity index (χ2v) is 34.3. The van der Waals surface area contributed by atoms with Gasteiger partial charge in [-0.2, -0.15) is 0 Å². The summed E-state index contributed by atoms with van der Waals surface area (Å²) in [6, 6.07) is 68.8. The number of benzene rings is 10. The fourth-order valence-electron chi connectivity index (χ4n) is 20.0. The quantitative estimate of drug-likeness (QED) is 0.140. The summed E-state index contributed by atoms with van der Waals surface area (Å²) in [4.78, 5) is 50.2. The molecule has 5 aliphatic heterocycles. The summed E-state index contributed by atoms with van der Waals surface area (Å²) in [6.45, 7) is 21.9. The molecule has 0 saturated carbocycles. The third kappa shape index (κ3) is 13.3. The largest absolute Gasteiger partial charge is 0.454 e. The van der Waals surface area contributed by atoms with E-state index in [1.54, 1.807) is 42.1 Å². The number of para-hydroxylation sites is 5. The molecule has 5 aliphatic rings. The number of aromatic nitrogens is 7. The van der Waals surface area contributed by atoms with E-state index in [4.69, 9.17) is 38.5 Å². The molecule has 0 N–H and O–H groups in total. The number of anilines is 15. The fraction of sp³-hybridized carbons (Fsp3) is 0.239. The van der Waals surface area contributed by atoms with Crippen molar-refractivity contribution in [2.45, 2.75) is 160 Å². The van der Waals surface area contributed by atoms with Crippen LogP contribution in [0.4, 0.5) is 86.2 Å². The van der Waals surface area contributed by atoms with E-state index in [0.717, 1.165) is 200 Å². The molecule has 0 radical (unpaired) electrons. The summed E-state index contributed by atoms with van der Waals surface area (Å²) in [7, 11) is 0. The summed E-state index contributed by atoms with van der Waals surface area (Å²) in [5.74, 6) is 4.12. The summed E-state index contributed by atoms with van der Waals surface area (Å²) in [5, 5.41) is 10.5. The number of hydrogen-bond acceptors (Lipinski definition) is 22. The molecule has 15 heterocycles. The highest BCUT2D eigenvalue weighted by atomic mass is 16.3. The van der Waals surface area contributed by atoms with Gasteiger partial charge in [0.25, 0.3) is 0 Å². The van der Waals surface area contributed by atoms with E-state index >= 15 is 0 Å². The molecule has 0 spiro atoms. The average molecular weight is 1750 g/mol. The molecule has 1 unspecified atom stereocenters. The molecule has 10 aromatic carbocycles. The van der Waals surface area contributed by atoms with Crippen molar-refractivity contribution in [1.82, 2.24) is 34.9 Å². The predicted molar refractivity (Wildman–Crippen MR) is 537 cm³/mol. The van der Waals surface area contributed by atoms with Crippen molar-refractivity contribution in [2.75, 3.05) is 63.0 Å². The first-order chi connectivity index (χ1) is 68.1. The SMILES string of the molecule is [2H]C(C)(C)N1c2ncccc2N(c2c(C)ccc3c2oc2ccccc23)[C@H]1C.[2H]C(C)(C)N1c2nccnc2N(c2c(C)ccc3c2oc2ccccc23)[C@H]1C.[2H]C([2H])([2H])C([2H])(C)N1c2ncccc2N(c2c(C)ccc3c2oc2ccccc23)[C@H]1C.[2H]C([2H])([2H])N1c2ncccc2N(c2c(C)ccc3c2oc2ccccc23)[C@H]1C.[2H]C([2H])([2H])N1c2nccnc2N(c2c(C)ccc3c2oc2ccccc23)[C@H]1C. The highest BCUT2D eigenvalue weighted by Crippen LogP contribution is 2.55. The first-order valence-electron chi connectivity index (χ1n) is 50.1. The van der Waals surface area contributed by atoms with E-state index in [-0.39, 0.29) is 12.3 Å². The molecular weight excluding hydrogens is 1630 g/mol. The molecule has 22 nitrogen and oxygen atoms in total. The van der Waals surface area contributed by atoms with Crippen molar-refractivity contribution in [1.29, 1.82) is 0 Å². The Hall–Kier alpha value is -15.2. The minimum Gasteiger partial charge on any atom is -0.454 e. The van der Waals surface area contributed by atoms with Crippen molar-refractivity contribution in [3.63, 3.8) is 0 Å². The Morgan fingerprint density at radius 1 is 0.252 bits per heavy atom. The lowest BCUT2D eigenvalue weighted by molar-refractivity contribution is 0.598. The summed E-state index contributed by atoms with van der Waals surface area (Å²) in [5.41, 5.74) is 20.4. The highest BCUT2D eigenvalue weighted by molar-refractivity contribution is 6.16. The standard InChI is InChI=1S/2C23H23N3O.C22H22N4O.C21H19N3O.C20H18N4O/c2*1-14(2)25-16(4)26(19-9-7-13-24-23(19)25)21-15(3)11-12-18-17-8-5-6-10-20(17)27-22(18)21;1-13(2)25-15(4)26(22-21(25)23-11-12-24-22)19-14(3)9-10-17-16-7-5-6-8-18(16)27-20(17)19;1-13-10-11-16-15-7-4-5-9-18(15)25-20(16)19(13)24-14(2)23(3)21-17(24)8-6-12-22-21;1-12-8-9-15-14-6-4-5-7-16(14)25-18(15)17(12)24-13(2)23(3)19-20(24)22-11-10-21-19/h2*5-14,16H,1-4H3;5-13,15H,1-4H3;4-12,14H,1-3H3;4-11,13H,1-3H3/t2*16-;15-;14-;13-/m00000/s1/i1D3,14D;14D;13D;2*3D3/t14?,16-;4m.